The highest BCUT2D eigenvalue weighted by atomic mass is 16.3. The Kier molecular flexibility index (Phi) is 4.65. The van der Waals surface area contributed by atoms with Crippen molar-refractivity contribution in [3.8, 4) is 0 Å². The molecule has 0 fully saturated rings. The third kappa shape index (κ3) is 3.38. The third-order valence-corrected chi connectivity index (χ3v) is 4.65. The Labute approximate surface area is 162 Å². The summed E-state index contributed by atoms with van der Waals surface area (Å²) in [6.07, 6.45) is 0.969. The monoisotopic (exact) mass is 376 g/mol. The van der Waals surface area contributed by atoms with Crippen molar-refractivity contribution in [2.45, 2.75) is 32.7 Å². The summed E-state index contributed by atoms with van der Waals surface area (Å²) in [6.45, 7) is 3.48. The third-order valence-electron chi connectivity index (χ3n) is 4.65. The Morgan fingerprint density at radius 3 is 2.71 bits per heavy atom. The highest BCUT2D eigenvalue weighted by molar-refractivity contribution is 6.44. The van der Waals surface area contributed by atoms with Gasteiger partial charge in [-0.25, -0.2) is 4.98 Å². The van der Waals surface area contributed by atoms with Gasteiger partial charge in [-0.15, -0.1) is 0 Å². The van der Waals surface area contributed by atoms with Crippen molar-refractivity contribution in [1.82, 2.24) is 4.98 Å². The second-order valence-corrected chi connectivity index (χ2v) is 6.66. The lowest BCUT2D eigenvalue weighted by molar-refractivity contribution is -0.118. The van der Waals surface area contributed by atoms with Crippen LogP contribution in [0.25, 0.3) is 11.1 Å². The maximum absolute atomic E-state index is 12.7. The van der Waals surface area contributed by atoms with Crippen molar-refractivity contribution in [2.75, 3.05) is 10.3 Å². The molecule has 1 aliphatic rings. The zero-order valence-corrected chi connectivity index (χ0v) is 15.7. The standard InChI is InChI=1S/C21H20N4O3/c1-3-20-23-16-11-14(9-10-19(16)28-20)22-21(27)17-12-18(13(2)26)25(24-17)15-7-5-4-6-8-15/h4-11,18H,3,12H2,1-2H3,(H,22,27)/t18-/m1/s1. The van der Waals surface area contributed by atoms with Crippen molar-refractivity contribution >= 4 is 39.9 Å². The van der Waals surface area contributed by atoms with Crippen LogP contribution in [0, 0.1) is 0 Å². The Morgan fingerprint density at radius 2 is 2.00 bits per heavy atom. The molecular formula is C21H20N4O3. The lowest BCUT2D eigenvalue weighted by atomic mass is 10.1. The van der Waals surface area contributed by atoms with Crippen LogP contribution in [-0.2, 0) is 16.0 Å². The van der Waals surface area contributed by atoms with Crippen molar-refractivity contribution in [3.63, 3.8) is 0 Å². The van der Waals surface area contributed by atoms with Crippen LogP contribution in [-0.4, -0.2) is 28.4 Å². The molecule has 7 heteroatoms. The molecule has 1 amide bonds. The second kappa shape index (κ2) is 7.26. The van der Waals surface area contributed by atoms with Crippen LogP contribution < -0.4 is 10.3 Å². The summed E-state index contributed by atoms with van der Waals surface area (Å²) >= 11 is 0. The van der Waals surface area contributed by atoms with Gasteiger partial charge >= 0.3 is 0 Å². The van der Waals surface area contributed by atoms with Gasteiger partial charge in [0.25, 0.3) is 5.91 Å². The molecule has 0 saturated carbocycles. The first-order chi connectivity index (χ1) is 13.5. The van der Waals surface area contributed by atoms with E-state index < -0.39 is 6.04 Å². The maximum atomic E-state index is 12.7. The minimum Gasteiger partial charge on any atom is -0.441 e. The largest absolute Gasteiger partial charge is 0.441 e. The van der Waals surface area contributed by atoms with Crippen LogP contribution in [0.1, 0.15) is 26.2 Å². The molecule has 1 atom stereocenters. The Morgan fingerprint density at radius 1 is 1.21 bits per heavy atom. The number of benzene rings is 2. The molecule has 3 aromatic rings. The molecule has 7 nitrogen and oxygen atoms in total. The molecule has 2 aromatic carbocycles. The fourth-order valence-electron chi connectivity index (χ4n) is 3.19. The first kappa shape index (κ1) is 17.9. The molecule has 1 aromatic heterocycles. The van der Waals surface area contributed by atoms with E-state index in [1.807, 2.05) is 37.3 Å². The van der Waals surface area contributed by atoms with E-state index >= 15 is 0 Å². The van der Waals surface area contributed by atoms with Gasteiger partial charge in [0, 0.05) is 18.5 Å². The Bertz CT molecular complexity index is 1070. The fourth-order valence-corrected chi connectivity index (χ4v) is 3.19. The van der Waals surface area contributed by atoms with Gasteiger partial charge in [0.2, 0.25) is 0 Å². The van der Waals surface area contributed by atoms with Crippen molar-refractivity contribution in [1.29, 1.82) is 0 Å². The number of para-hydroxylation sites is 1. The number of fused-ring (bicyclic) bond motifs is 1. The average molecular weight is 376 g/mol. The van der Waals surface area contributed by atoms with Crippen molar-refractivity contribution in [2.24, 2.45) is 5.10 Å². The summed E-state index contributed by atoms with van der Waals surface area (Å²) in [5.74, 6) is 0.288. The molecule has 0 unspecified atom stereocenters. The number of nitrogens with zero attached hydrogens (tertiary/aromatic N) is 3. The van der Waals surface area contributed by atoms with Gasteiger partial charge in [-0.2, -0.15) is 5.10 Å². The predicted molar refractivity (Wildman–Crippen MR) is 107 cm³/mol. The number of nitrogens with one attached hydrogen (secondary N) is 1. The van der Waals surface area contributed by atoms with Crippen LogP contribution >= 0.6 is 0 Å². The number of aryl methyl sites for hydroxylation is 1. The average Bonchev–Trinajstić information content (AvgIpc) is 3.32. The van der Waals surface area contributed by atoms with E-state index in [4.69, 9.17) is 4.42 Å². The van der Waals surface area contributed by atoms with Gasteiger partial charge in [0.1, 0.15) is 17.3 Å². The van der Waals surface area contributed by atoms with Gasteiger partial charge in [-0.1, -0.05) is 25.1 Å². The van der Waals surface area contributed by atoms with E-state index in [2.05, 4.69) is 15.4 Å². The minimum atomic E-state index is -0.478. The van der Waals surface area contributed by atoms with E-state index in [0.717, 1.165) is 5.69 Å². The zero-order valence-electron chi connectivity index (χ0n) is 15.7. The molecule has 0 bridgehead atoms. The van der Waals surface area contributed by atoms with Gasteiger partial charge in [-0.3, -0.25) is 14.6 Å². The second-order valence-electron chi connectivity index (χ2n) is 6.66. The zero-order chi connectivity index (χ0) is 19.7. The maximum Gasteiger partial charge on any atom is 0.271 e. The van der Waals surface area contributed by atoms with Crippen LogP contribution in [0.3, 0.4) is 0 Å². The number of aromatic nitrogens is 1. The fraction of sp³-hybridized carbons (Fsp3) is 0.238. The number of Topliss-reactive ketones (excluding diaryl/α,β-unsaturated/α-hetero) is 1. The number of oxazole rings is 1. The summed E-state index contributed by atoms with van der Waals surface area (Å²) in [6, 6.07) is 14.2. The molecule has 0 radical (unpaired) electrons. The highest BCUT2D eigenvalue weighted by Crippen LogP contribution is 2.26. The number of carbonyl (C=O) groups is 2. The number of hydrazone groups is 1. The number of anilines is 2. The molecule has 1 N–H and O–H groups in total. The topological polar surface area (TPSA) is 87.8 Å². The molecule has 0 spiro atoms. The van der Waals surface area contributed by atoms with Gasteiger partial charge in [0.15, 0.2) is 17.3 Å². The van der Waals surface area contributed by atoms with Crippen LogP contribution in [0.4, 0.5) is 11.4 Å². The van der Waals surface area contributed by atoms with E-state index in [0.29, 0.717) is 34.8 Å². The molecule has 1 aliphatic heterocycles. The van der Waals surface area contributed by atoms with Gasteiger partial charge in [-0.05, 0) is 37.3 Å². The molecular weight excluding hydrogens is 356 g/mol. The van der Waals surface area contributed by atoms with E-state index in [-0.39, 0.29) is 18.1 Å². The molecule has 4 rings (SSSR count). The molecule has 142 valence electrons. The summed E-state index contributed by atoms with van der Waals surface area (Å²) in [5.41, 5.74) is 3.07. The highest BCUT2D eigenvalue weighted by Gasteiger charge is 2.34. The van der Waals surface area contributed by atoms with Crippen LogP contribution in [0.15, 0.2) is 58.0 Å². The number of hydrogen-bond acceptors (Lipinski definition) is 6. The number of ketones is 1. The Hall–Kier alpha value is -3.48. The SMILES string of the molecule is CCc1nc2cc(NC(=O)C3=NN(c4ccccc4)[C@@H](C(C)=O)C3)ccc2o1. The first-order valence-electron chi connectivity index (χ1n) is 9.18. The quantitative estimate of drug-likeness (QED) is 0.736. The number of rotatable bonds is 5. The lowest BCUT2D eigenvalue weighted by Crippen LogP contribution is -2.33. The molecule has 28 heavy (non-hydrogen) atoms. The number of hydrogen-bond donors (Lipinski definition) is 1. The normalized spacial score (nSPS) is 16.3. The van der Waals surface area contributed by atoms with Crippen LogP contribution in [0.2, 0.25) is 0 Å². The number of carbonyl (C=O) groups excluding carboxylic acids is 2. The van der Waals surface area contributed by atoms with Crippen molar-refractivity contribution in [3.05, 3.63) is 54.4 Å². The summed E-state index contributed by atoms with van der Waals surface area (Å²) in [7, 11) is 0. The first-order valence-corrected chi connectivity index (χ1v) is 9.18. The van der Waals surface area contributed by atoms with Gasteiger partial charge < -0.3 is 9.73 Å². The van der Waals surface area contributed by atoms with Gasteiger partial charge in [0.05, 0.1) is 5.69 Å². The Balaban J connectivity index is 1.56. The lowest BCUT2D eigenvalue weighted by Gasteiger charge is -2.20. The van der Waals surface area contributed by atoms with E-state index in [9.17, 15) is 9.59 Å². The van der Waals surface area contributed by atoms with E-state index in [1.165, 1.54) is 6.92 Å². The molecule has 0 aliphatic carbocycles. The van der Waals surface area contributed by atoms with Crippen molar-refractivity contribution < 1.29 is 14.0 Å². The molecule has 0 saturated heterocycles. The minimum absolute atomic E-state index is 0.0356. The van der Waals surface area contributed by atoms with Crippen LogP contribution in [0.5, 0.6) is 0 Å². The smallest absolute Gasteiger partial charge is 0.271 e. The summed E-state index contributed by atoms with van der Waals surface area (Å²) in [4.78, 5) is 29.2. The number of amides is 1. The molecule has 2 heterocycles. The predicted octanol–water partition coefficient (Wildman–Crippen LogP) is 3.55. The summed E-state index contributed by atoms with van der Waals surface area (Å²) in [5, 5.41) is 8.88. The summed E-state index contributed by atoms with van der Waals surface area (Å²) < 4.78 is 5.59. The van der Waals surface area contributed by atoms with E-state index in [1.54, 1.807) is 23.2 Å².